The molecule has 5 heteroatoms. The molecule has 4 atom stereocenters. The summed E-state index contributed by atoms with van der Waals surface area (Å²) >= 11 is 0. The van der Waals surface area contributed by atoms with Crippen molar-refractivity contribution in [3.63, 3.8) is 0 Å². The average molecular weight is 377 g/mol. The molecule has 5 nitrogen and oxygen atoms in total. The molecule has 0 saturated carbocycles. The number of hydrogen-bond donors (Lipinski definition) is 1. The molecule has 1 aliphatic carbocycles. The molecule has 1 saturated heterocycles. The fourth-order valence-corrected chi connectivity index (χ4v) is 4.63. The van der Waals surface area contributed by atoms with E-state index in [9.17, 15) is 9.90 Å². The smallest absolute Gasteiger partial charge is 0.255 e. The maximum atomic E-state index is 13.4. The quantitative estimate of drug-likeness (QED) is 0.874. The molecule has 5 rings (SSSR count). The summed E-state index contributed by atoms with van der Waals surface area (Å²) in [5.41, 5.74) is 3.51. The Morgan fingerprint density at radius 3 is 2.36 bits per heavy atom. The van der Waals surface area contributed by atoms with E-state index in [2.05, 4.69) is 0 Å². The Kier molecular flexibility index (Phi) is 3.95. The number of aliphatic hydroxyl groups excluding tert-OH is 1. The zero-order valence-corrected chi connectivity index (χ0v) is 15.9. The van der Waals surface area contributed by atoms with Crippen LogP contribution >= 0.6 is 0 Å². The monoisotopic (exact) mass is 377 g/mol. The Bertz CT molecular complexity index is 952. The number of hydrogen-bond acceptors (Lipinski definition) is 4. The summed E-state index contributed by atoms with van der Waals surface area (Å²) < 4.78 is 12.2. The summed E-state index contributed by atoms with van der Waals surface area (Å²) in [5, 5.41) is 10.7. The lowest BCUT2D eigenvalue weighted by atomic mass is 9.78. The van der Waals surface area contributed by atoms with E-state index in [1.807, 2.05) is 79.4 Å². The summed E-state index contributed by atoms with van der Waals surface area (Å²) in [5.74, 6) is -0.831. The first-order valence-corrected chi connectivity index (χ1v) is 9.64. The highest BCUT2D eigenvalue weighted by Gasteiger charge is 2.55. The van der Waals surface area contributed by atoms with Crippen LogP contribution in [-0.2, 0) is 16.0 Å². The Morgan fingerprint density at radius 1 is 0.964 bits per heavy atom. The number of carbonyl (C=O) groups is 1. The molecule has 0 unspecified atom stereocenters. The van der Waals surface area contributed by atoms with Gasteiger partial charge in [0.25, 0.3) is 5.91 Å². The molecule has 3 aliphatic rings. The largest absolute Gasteiger partial charge is 0.386 e. The van der Waals surface area contributed by atoms with Crippen LogP contribution in [0.2, 0.25) is 0 Å². The molecule has 1 amide bonds. The van der Waals surface area contributed by atoms with Gasteiger partial charge in [0, 0.05) is 12.1 Å². The number of fused-ring (bicyclic) bond motifs is 5. The molecule has 2 aliphatic heterocycles. The molecule has 28 heavy (non-hydrogen) atoms. The highest BCUT2D eigenvalue weighted by atomic mass is 16.8. The van der Waals surface area contributed by atoms with Gasteiger partial charge < -0.3 is 19.5 Å². The lowest BCUT2D eigenvalue weighted by Crippen LogP contribution is -2.57. The van der Waals surface area contributed by atoms with Gasteiger partial charge in [-0.1, -0.05) is 48.5 Å². The second-order valence-corrected chi connectivity index (χ2v) is 8.09. The van der Waals surface area contributed by atoms with Crippen molar-refractivity contribution in [2.24, 2.45) is 0 Å². The van der Waals surface area contributed by atoms with Gasteiger partial charge in [0.2, 0.25) is 0 Å². The fraction of sp³-hybridized carbons (Fsp3) is 0.348. The van der Waals surface area contributed by atoms with E-state index in [-0.39, 0.29) is 11.9 Å². The number of ether oxygens (including phenoxy) is 2. The van der Waals surface area contributed by atoms with Crippen molar-refractivity contribution in [1.29, 1.82) is 0 Å². The lowest BCUT2D eigenvalue weighted by Gasteiger charge is -2.45. The van der Waals surface area contributed by atoms with Crippen molar-refractivity contribution < 1.29 is 19.4 Å². The van der Waals surface area contributed by atoms with Crippen molar-refractivity contribution in [1.82, 2.24) is 4.90 Å². The first-order chi connectivity index (χ1) is 13.4. The van der Waals surface area contributed by atoms with Crippen LogP contribution in [0.25, 0.3) is 5.57 Å². The SMILES string of the molecule is CC1(C)O[C@@H]2[C@H](O1)[C@@H](O)C=C1c3ccccc3C(=O)N(Cc3ccccc3)[C@H]12. The molecule has 1 fully saturated rings. The number of carbonyl (C=O) groups excluding carboxylic acids is 1. The minimum atomic E-state index is -0.808. The summed E-state index contributed by atoms with van der Waals surface area (Å²) in [6, 6.07) is 17.2. The number of amides is 1. The first-order valence-electron chi connectivity index (χ1n) is 9.64. The van der Waals surface area contributed by atoms with Gasteiger partial charge in [0.15, 0.2) is 5.79 Å². The van der Waals surface area contributed by atoms with Gasteiger partial charge in [-0.25, -0.2) is 0 Å². The molecule has 0 spiro atoms. The molecule has 0 bridgehead atoms. The Morgan fingerprint density at radius 2 is 1.61 bits per heavy atom. The predicted octanol–water partition coefficient (Wildman–Crippen LogP) is 2.99. The van der Waals surface area contributed by atoms with E-state index in [0.29, 0.717) is 12.1 Å². The molecule has 144 valence electrons. The minimum Gasteiger partial charge on any atom is -0.386 e. The predicted molar refractivity (Wildman–Crippen MR) is 104 cm³/mol. The number of aliphatic hydroxyl groups is 1. The third-order valence-electron chi connectivity index (χ3n) is 5.74. The zero-order valence-electron chi connectivity index (χ0n) is 15.9. The van der Waals surface area contributed by atoms with Gasteiger partial charge in [0.1, 0.15) is 18.3 Å². The standard InChI is InChI=1S/C23H23NO4/c1-23(2)27-20-18(25)12-17-15-10-6-7-11-16(15)22(26)24(19(17)21(20)28-23)13-14-8-4-3-5-9-14/h3-12,18-21,25H,13H2,1-2H3/t18-,19+,20+,21-/m0/s1. The summed E-state index contributed by atoms with van der Waals surface area (Å²) in [6.07, 6.45) is 0.129. The van der Waals surface area contributed by atoms with Gasteiger partial charge in [-0.05, 0) is 42.7 Å². The van der Waals surface area contributed by atoms with Crippen LogP contribution in [0.5, 0.6) is 0 Å². The van der Waals surface area contributed by atoms with Crippen LogP contribution in [0, 0.1) is 0 Å². The normalized spacial score (nSPS) is 30.3. The molecule has 1 N–H and O–H groups in total. The average Bonchev–Trinajstić information content (AvgIpc) is 3.02. The van der Waals surface area contributed by atoms with Crippen molar-refractivity contribution in [2.45, 2.75) is 50.5 Å². The number of benzene rings is 2. The van der Waals surface area contributed by atoms with Crippen molar-refractivity contribution in [3.05, 3.63) is 77.4 Å². The third kappa shape index (κ3) is 2.70. The van der Waals surface area contributed by atoms with Crippen LogP contribution in [0.1, 0.15) is 35.3 Å². The highest BCUT2D eigenvalue weighted by Crippen LogP contribution is 2.45. The highest BCUT2D eigenvalue weighted by molar-refractivity contribution is 6.04. The molecule has 2 aromatic carbocycles. The van der Waals surface area contributed by atoms with Crippen molar-refractivity contribution >= 4 is 11.5 Å². The number of nitrogens with zero attached hydrogens (tertiary/aromatic N) is 1. The molecule has 2 aromatic rings. The van der Waals surface area contributed by atoms with Gasteiger partial charge in [0.05, 0.1) is 6.04 Å². The summed E-state index contributed by atoms with van der Waals surface area (Å²) in [4.78, 5) is 15.3. The Labute approximate surface area is 164 Å². The van der Waals surface area contributed by atoms with E-state index < -0.39 is 24.1 Å². The molecule has 2 heterocycles. The van der Waals surface area contributed by atoms with E-state index in [1.54, 1.807) is 0 Å². The van der Waals surface area contributed by atoms with E-state index >= 15 is 0 Å². The van der Waals surface area contributed by atoms with Crippen LogP contribution in [0.15, 0.2) is 60.7 Å². The Hall–Kier alpha value is -2.47. The second-order valence-electron chi connectivity index (χ2n) is 8.09. The third-order valence-corrected chi connectivity index (χ3v) is 5.74. The second kappa shape index (κ2) is 6.27. The van der Waals surface area contributed by atoms with Gasteiger partial charge in [-0.15, -0.1) is 0 Å². The van der Waals surface area contributed by atoms with E-state index in [4.69, 9.17) is 9.47 Å². The lowest BCUT2D eigenvalue weighted by molar-refractivity contribution is -0.153. The van der Waals surface area contributed by atoms with Gasteiger partial charge >= 0.3 is 0 Å². The maximum Gasteiger partial charge on any atom is 0.255 e. The van der Waals surface area contributed by atoms with Crippen LogP contribution in [0.4, 0.5) is 0 Å². The topological polar surface area (TPSA) is 59.0 Å². The van der Waals surface area contributed by atoms with Crippen LogP contribution < -0.4 is 0 Å². The fourth-order valence-electron chi connectivity index (χ4n) is 4.63. The van der Waals surface area contributed by atoms with Gasteiger partial charge in [-0.2, -0.15) is 0 Å². The minimum absolute atomic E-state index is 0.0231. The van der Waals surface area contributed by atoms with Gasteiger partial charge in [-0.3, -0.25) is 4.79 Å². The molecular formula is C23H23NO4. The van der Waals surface area contributed by atoms with Crippen LogP contribution in [0.3, 0.4) is 0 Å². The maximum absolute atomic E-state index is 13.4. The van der Waals surface area contributed by atoms with Crippen molar-refractivity contribution in [2.75, 3.05) is 0 Å². The van der Waals surface area contributed by atoms with Crippen molar-refractivity contribution in [3.8, 4) is 0 Å². The zero-order chi connectivity index (χ0) is 19.5. The summed E-state index contributed by atoms with van der Waals surface area (Å²) in [6.45, 7) is 4.16. The molecule has 0 aromatic heterocycles. The van der Waals surface area contributed by atoms with E-state index in [1.165, 1.54) is 0 Å². The van der Waals surface area contributed by atoms with Crippen LogP contribution in [-0.4, -0.2) is 46.1 Å². The first kappa shape index (κ1) is 17.6. The number of rotatable bonds is 2. The van der Waals surface area contributed by atoms with E-state index in [0.717, 1.165) is 16.7 Å². The molecule has 0 radical (unpaired) electrons. The molecular weight excluding hydrogens is 354 g/mol. The summed E-state index contributed by atoms with van der Waals surface area (Å²) in [7, 11) is 0. The Balaban J connectivity index is 1.64.